The summed E-state index contributed by atoms with van der Waals surface area (Å²) in [6, 6.07) is 0. The maximum atomic E-state index is 13.1. The van der Waals surface area contributed by atoms with Crippen LogP contribution in [0.2, 0.25) is 0 Å². The lowest BCUT2D eigenvalue weighted by Crippen LogP contribution is -2.10. The summed E-state index contributed by atoms with van der Waals surface area (Å²) in [6.45, 7) is 0. The van der Waals surface area contributed by atoms with Crippen LogP contribution in [0.1, 0.15) is 17.6 Å². The molecular weight excluding hydrogens is 245 g/mol. The molecule has 0 unspecified atom stereocenters. The molecule has 0 aliphatic rings. The molecule has 1 rings (SSSR count). The van der Waals surface area contributed by atoms with Gasteiger partial charge in [0, 0.05) is 6.20 Å². The van der Waals surface area contributed by atoms with Gasteiger partial charge in [0.25, 0.3) is 12.1 Å². The van der Waals surface area contributed by atoms with Crippen LogP contribution in [0.4, 0.5) is 18.9 Å². The number of nitrogens with zero attached hydrogens (tertiary/aromatic N) is 2. The van der Waals surface area contributed by atoms with Gasteiger partial charge in [-0.05, 0) is 0 Å². The maximum Gasteiger partial charge on any atom is 0.308 e. The Kier molecular flexibility index (Phi) is 3.61. The Balaban J connectivity index is 3.48. The van der Waals surface area contributed by atoms with Gasteiger partial charge < -0.3 is 5.11 Å². The highest BCUT2D eigenvalue weighted by molar-refractivity contribution is 5.72. The lowest BCUT2D eigenvalue weighted by atomic mass is 10.1. The molecule has 0 saturated heterocycles. The van der Waals surface area contributed by atoms with E-state index >= 15 is 0 Å². The average molecular weight is 250 g/mol. The number of aliphatic carboxylic acids is 1. The smallest absolute Gasteiger partial charge is 0.308 e. The van der Waals surface area contributed by atoms with Gasteiger partial charge in [-0.1, -0.05) is 0 Å². The van der Waals surface area contributed by atoms with Crippen LogP contribution in [0.25, 0.3) is 0 Å². The van der Waals surface area contributed by atoms with Crippen LogP contribution in [0.5, 0.6) is 0 Å². The lowest BCUT2D eigenvalue weighted by Gasteiger charge is -2.06. The standard InChI is InChI=1S/C8H5F3N2O4/c9-7(10)4-2-12-8(11)3(1-5(14)15)6(4)13(16)17/h2,7H,1H2,(H,14,15). The van der Waals surface area contributed by atoms with E-state index in [9.17, 15) is 28.1 Å². The Morgan fingerprint density at radius 2 is 2.18 bits per heavy atom. The molecule has 6 nitrogen and oxygen atoms in total. The first-order chi connectivity index (χ1) is 7.84. The molecule has 0 aromatic carbocycles. The molecule has 0 radical (unpaired) electrons. The predicted octanol–water partition coefficient (Wildman–Crippen LogP) is 1.69. The van der Waals surface area contributed by atoms with Crippen LogP contribution in [0.3, 0.4) is 0 Å². The van der Waals surface area contributed by atoms with E-state index < -0.39 is 46.5 Å². The molecule has 1 N–H and O–H groups in total. The summed E-state index contributed by atoms with van der Waals surface area (Å²) in [4.78, 5) is 22.6. The first-order valence-corrected chi connectivity index (χ1v) is 4.16. The molecule has 1 aromatic rings. The fourth-order valence-corrected chi connectivity index (χ4v) is 1.22. The molecule has 17 heavy (non-hydrogen) atoms. The van der Waals surface area contributed by atoms with Crippen LogP contribution in [-0.2, 0) is 11.2 Å². The highest BCUT2D eigenvalue weighted by Crippen LogP contribution is 2.32. The van der Waals surface area contributed by atoms with E-state index in [1.807, 2.05) is 0 Å². The van der Waals surface area contributed by atoms with E-state index in [0.717, 1.165) is 0 Å². The van der Waals surface area contributed by atoms with E-state index in [2.05, 4.69) is 4.98 Å². The van der Waals surface area contributed by atoms with Crippen molar-refractivity contribution in [1.82, 2.24) is 4.98 Å². The molecule has 1 aromatic heterocycles. The van der Waals surface area contributed by atoms with Crippen molar-refractivity contribution in [3.63, 3.8) is 0 Å². The SMILES string of the molecule is O=C(O)Cc1c(F)ncc(C(F)F)c1[N+](=O)[O-]. The quantitative estimate of drug-likeness (QED) is 0.498. The molecule has 0 aliphatic carbocycles. The zero-order valence-electron chi connectivity index (χ0n) is 8.06. The van der Waals surface area contributed by atoms with Crippen molar-refractivity contribution < 1.29 is 28.0 Å². The Hall–Kier alpha value is -2.19. The number of alkyl halides is 2. The first-order valence-electron chi connectivity index (χ1n) is 4.16. The zero-order chi connectivity index (χ0) is 13.2. The third-order valence-electron chi connectivity index (χ3n) is 1.87. The van der Waals surface area contributed by atoms with Crippen molar-refractivity contribution in [2.75, 3.05) is 0 Å². The Bertz CT molecular complexity index is 478. The van der Waals surface area contributed by atoms with Crippen LogP contribution in [0.15, 0.2) is 6.20 Å². The molecule has 0 atom stereocenters. The van der Waals surface area contributed by atoms with Crippen molar-refractivity contribution in [2.45, 2.75) is 12.8 Å². The minimum Gasteiger partial charge on any atom is -0.481 e. The Morgan fingerprint density at radius 1 is 1.59 bits per heavy atom. The maximum absolute atomic E-state index is 13.1. The van der Waals surface area contributed by atoms with Gasteiger partial charge in [-0.3, -0.25) is 14.9 Å². The highest BCUT2D eigenvalue weighted by Gasteiger charge is 2.30. The normalized spacial score (nSPS) is 10.6. The Morgan fingerprint density at radius 3 is 2.59 bits per heavy atom. The fourth-order valence-electron chi connectivity index (χ4n) is 1.22. The van der Waals surface area contributed by atoms with E-state index in [0.29, 0.717) is 6.20 Å². The number of pyridine rings is 1. The van der Waals surface area contributed by atoms with Crippen LogP contribution in [-0.4, -0.2) is 21.0 Å². The summed E-state index contributed by atoms with van der Waals surface area (Å²) in [7, 11) is 0. The topological polar surface area (TPSA) is 93.3 Å². The van der Waals surface area contributed by atoms with E-state index in [4.69, 9.17) is 5.11 Å². The van der Waals surface area contributed by atoms with Crippen molar-refractivity contribution >= 4 is 11.7 Å². The molecule has 0 spiro atoms. The van der Waals surface area contributed by atoms with Gasteiger partial charge >= 0.3 is 5.97 Å². The van der Waals surface area contributed by atoms with Gasteiger partial charge in [-0.2, -0.15) is 4.39 Å². The molecule has 0 saturated carbocycles. The molecule has 92 valence electrons. The third-order valence-corrected chi connectivity index (χ3v) is 1.87. The fraction of sp³-hybridized carbons (Fsp3) is 0.250. The molecule has 0 bridgehead atoms. The molecule has 0 aliphatic heterocycles. The van der Waals surface area contributed by atoms with Gasteiger partial charge in [0.2, 0.25) is 5.95 Å². The monoisotopic (exact) mass is 250 g/mol. The number of hydrogen-bond acceptors (Lipinski definition) is 4. The number of carbonyl (C=O) groups is 1. The van der Waals surface area contributed by atoms with Crippen LogP contribution < -0.4 is 0 Å². The largest absolute Gasteiger partial charge is 0.481 e. The minimum absolute atomic E-state index is 0.323. The number of rotatable bonds is 4. The predicted molar refractivity (Wildman–Crippen MR) is 47.1 cm³/mol. The Labute approximate surface area is 91.9 Å². The summed E-state index contributed by atoms with van der Waals surface area (Å²) >= 11 is 0. The van der Waals surface area contributed by atoms with Gasteiger partial charge in [0.05, 0.1) is 16.9 Å². The van der Waals surface area contributed by atoms with Gasteiger partial charge in [-0.15, -0.1) is 0 Å². The highest BCUT2D eigenvalue weighted by atomic mass is 19.3. The minimum atomic E-state index is -3.24. The molecule has 1 heterocycles. The van der Waals surface area contributed by atoms with Crippen molar-refractivity contribution in [3.05, 3.63) is 33.4 Å². The van der Waals surface area contributed by atoms with E-state index in [-0.39, 0.29) is 0 Å². The number of nitro groups is 1. The number of carboxylic acid groups (broad SMARTS) is 1. The summed E-state index contributed by atoms with van der Waals surface area (Å²) in [6.07, 6.45) is -4.00. The molecular formula is C8H5F3N2O4. The molecule has 0 amide bonds. The lowest BCUT2D eigenvalue weighted by molar-refractivity contribution is -0.387. The van der Waals surface area contributed by atoms with Crippen molar-refractivity contribution in [2.24, 2.45) is 0 Å². The number of hydrogen-bond donors (Lipinski definition) is 1. The summed E-state index contributed by atoms with van der Waals surface area (Å²) < 4.78 is 37.9. The van der Waals surface area contributed by atoms with Crippen molar-refractivity contribution in [1.29, 1.82) is 0 Å². The summed E-state index contributed by atoms with van der Waals surface area (Å²) in [5.74, 6) is -3.02. The second-order valence-electron chi connectivity index (χ2n) is 2.96. The van der Waals surface area contributed by atoms with Gasteiger partial charge in [0.1, 0.15) is 5.56 Å². The van der Waals surface area contributed by atoms with Crippen LogP contribution in [0, 0.1) is 16.1 Å². The second-order valence-corrected chi connectivity index (χ2v) is 2.96. The number of halogens is 3. The zero-order valence-corrected chi connectivity index (χ0v) is 8.06. The third kappa shape index (κ3) is 2.68. The van der Waals surface area contributed by atoms with Gasteiger partial charge in [0.15, 0.2) is 0 Å². The number of aromatic nitrogens is 1. The summed E-state index contributed by atoms with van der Waals surface area (Å²) in [5.41, 5.74) is -3.30. The number of carboxylic acids is 1. The van der Waals surface area contributed by atoms with Crippen molar-refractivity contribution in [3.8, 4) is 0 Å². The summed E-state index contributed by atoms with van der Waals surface area (Å²) in [5, 5.41) is 19.0. The van der Waals surface area contributed by atoms with E-state index in [1.165, 1.54) is 0 Å². The molecule has 0 fully saturated rings. The molecule has 9 heteroatoms. The first kappa shape index (κ1) is 12.9. The van der Waals surface area contributed by atoms with E-state index in [1.54, 1.807) is 0 Å². The van der Waals surface area contributed by atoms with Gasteiger partial charge in [-0.25, -0.2) is 13.8 Å². The average Bonchev–Trinajstić information content (AvgIpc) is 2.19. The second kappa shape index (κ2) is 4.76. The van der Waals surface area contributed by atoms with Crippen LogP contribution >= 0.6 is 0 Å².